The number of carboxylic acids is 1. The molecule has 2 aliphatic rings. The van der Waals surface area contributed by atoms with Crippen LogP contribution in [0.25, 0.3) is 0 Å². The maximum absolute atomic E-state index is 11.3. The molecule has 5 nitrogen and oxygen atoms in total. The topological polar surface area (TPSA) is 69.6 Å². The Labute approximate surface area is 75.7 Å². The van der Waals surface area contributed by atoms with Gasteiger partial charge in [-0.2, -0.15) is 0 Å². The third-order valence-electron chi connectivity index (χ3n) is 2.74. The van der Waals surface area contributed by atoms with Crippen LogP contribution < -0.4 is 5.32 Å². The van der Waals surface area contributed by atoms with E-state index in [0.29, 0.717) is 25.9 Å². The molecule has 2 heterocycles. The zero-order chi connectivity index (χ0) is 9.42. The number of rotatable bonds is 1. The summed E-state index contributed by atoms with van der Waals surface area (Å²) >= 11 is 0. The Balaban J connectivity index is 2.16. The van der Waals surface area contributed by atoms with E-state index in [1.165, 1.54) is 0 Å². The number of nitrogens with zero attached hydrogens (tertiary/aromatic N) is 1. The molecule has 0 aromatic rings. The fourth-order valence-corrected chi connectivity index (χ4v) is 2.12. The Morgan fingerprint density at radius 2 is 2.38 bits per heavy atom. The average Bonchev–Trinajstić information content (AvgIpc) is 2.48. The normalized spacial score (nSPS) is 33.2. The Hall–Kier alpha value is -1.10. The van der Waals surface area contributed by atoms with Crippen molar-refractivity contribution in [3.63, 3.8) is 0 Å². The number of carboxylic acid groups (broad SMARTS) is 1. The minimum Gasteiger partial charge on any atom is -0.480 e. The van der Waals surface area contributed by atoms with Crippen molar-refractivity contribution in [3.05, 3.63) is 0 Å². The van der Waals surface area contributed by atoms with Crippen molar-refractivity contribution < 1.29 is 14.7 Å². The van der Waals surface area contributed by atoms with Gasteiger partial charge in [0.2, 0.25) is 5.91 Å². The lowest BCUT2D eigenvalue weighted by Crippen LogP contribution is -2.59. The number of nitrogens with one attached hydrogen (secondary N) is 1. The lowest BCUT2D eigenvalue weighted by Gasteiger charge is -2.35. The Bertz CT molecular complexity index is 254. The van der Waals surface area contributed by atoms with Crippen LogP contribution in [-0.4, -0.2) is 47.1 Å². The van der Waals surface area contributed by atoms with Crippen molar-refractivity contribution in [2.75, 3.05) is 13.1 Å². The molecule has 2 saturated heterocycles. The van der Waals surface area contributed by atoms with Crippen LogP contribution in [0.1, 0.15) is 12.8 Å². The molecular formula is C8H12N2O3. The summed E-state index contributed by atoms with van der Waals surface area (Å²) in [7, 11) is 0. The molecule has 0 bridgehead atoms. The Morgan fingerprint density at radius 1 is 1.62 bits per heavy atom. The van der Waals surface area contributed by atoms with Gasteiger partial charge in [-0.15, -0.1) is 0 Å². The highest BCUT2D eigenvalue weighted by atomic mass is 16.4. The standard InChI is InChI=1S/C8H12N2O3/c11-6-2-1-5-7(8(12)13)9-3-4-10(5)6/h5,7,9H,1-4H2,(H,12,13). The molecule has 5 heteroatoms. The van der Waals surface area contributed by atoms with Gasteiger partial charge in [-0.1, -0.05) is 0 Å². The van der Waals surface area contributed by atoms with E-state index in [0.717, 1.165) is 0 Å². The highest BCUT2D eigenvalue weighted by Gasteiger charge is 2.41. The summed E-state index contributed by atoms with van der Waals surface area (Å²) in [5.74, 6) is -0.762. The molecule has 2 atom stereocenters. The second-order valence-corrected chi connectivity index (χ2v) is 3.46. The van der Waals surface area contributed by atoms with E-state index in [4.69, 9.17) is 5.11 Å². The predicted octanol–water partition coefficient (Wildman–Crippen LogP) is -0.966. The predicted molar refractivity (Wildman–Crippen MR) is 44.2 cm³/mol. The molecule has 13 heavy (non-hydrogen) atoms. The molecule has 2 rings (SSSR count). The van der Waals surface area contributed by atoms with Gasteiger partial charge in [-0.25, -0.2) is 0 Å². The number of fused-ring (bicyclic) bond motifs is 1. The van der Waals surface area contributed by atoms with Gasteiger partial charge in [0.1, 0.15) is 6.04 Å². The summed E-state index contributed by atoms with van der Waals surface area (Å²) < 4.78 is 0. The van der Waals surface area contributed by atoms with Crippen molar-refractivity contribution in [2.24, 2.45) is 0 Å². The first-order chi connectivity index (χ1) is 6.20. The molecule has 0 aromatic carbocycles. The lowest BCUT2D eigenvalue weighted by molar-refractivity contribution is -0.143. The smallest absolute Gasteiger partial charge is 0.322 e. The largest absolute Gasteiger partial charge is 0.480 e. The van der Waals surface area contributed by atoms with Crippen LogP contribution in [-0.2, 0) is 9.59 Å². The lowest BCUT2D eigenvalue weighted by atomic mass is 10.0. The van der Waals surface area contributed by atoms with Gasteiger partial charge in [0.25, 0.3) is 0 Å². The minimum atomic E-state index is -0.857. The number of hydrogen-bond acceptors (Lipinski definition) is 3. The second-order valence-electron chi connectivity index (χ2n) is 3.46. The molecular weight excluding hydrogens is 172 g/mol. The number of amides is 1. The van der Waals surface area contributed by atoms with Crippen molar-refractivity contribution in [1.82, 2.24) is 10.2 Å². The molecule has 2 aliphatic heterocycles. The molecule has 0 aliphatic carbocycles. The monoisotopic (exact) mass is 184 g/mol. The van der Waals surface area contributed by atoms with Crippen LogP contribution >= 0.6 is 0 Å². The quantitative estimate of drug-likeness (QED) is 0.550. The van der Waals surface area contributed by atoms with Gasteiger partial charge in [0.15, 0.2) is 0 Å². The Kier molecular flexibility index (Phi) is 1.95. The maximum atomic E-state index is 11.3. The van der Waals surface area contributed by atoms with Gasteiger partial charge in [-0.05, 0) is 6.42 Å². The van der Waals surface area contributed by atoms with Crippen LogP contribution in [0.15, 0.2) is 0 Å². The van der Waals surface area contributed by atoms with Crippen molar-refractivity contribution in [3.8, 4) is 0 Å². The molecule has 1 amide bonds. The molecule has 2 N–H and O–H groups in total. The number of aliphatic carboxylic acids is 1. The third-order valence-corrected chi connectivity index (χ3v) is 2.74. The number of carbonyl (C=O) groups excluding carboxylic acids is 1. The van der Waals surface area contributed by atoms with E-state index >= 15 is 0 Å². The number of piperazine rings is 1. The van der Waals surface area contributed by atoms with Crippen molar-refractivity contribution in [2.45, 2.75) is 24.9 Å². The van der Waals surface area contributed by atoms with Crippen LogP contribution in [0.4, 0.5) is 0 Å². The Morgan fingerprint density at radius 3 is 3.08 bits per heavy atom. The van der Waals surface area contributed by atoms with Crippen LogP contribution in [0.5, 0.6) is 0 Å². The van der Waals surface area contributed by atoms with E-state index in [2.05, 4.69) is 5.32 Å². The molecule has 2 fully saturated rings. The van der Waals surface area contributed by atoms with E-state index in [1.54, 1.807) is 4.90 Å². The van der Waals surface area contributed by atoms with E-state index < -0.39 is 12.0 Å². The first-order valence-electron chi connectivity index (χ1n) is 4.46. The van der Waals surface area contributed by atoms with Gasteiger partial charge >= 0.3 is 5.97 Å². The number of hydrogen-bond donors (Lipinski definition) is 2. The molecule has 72 valence electrons. The molecule has 2 unspecified atom stereocenters. The average molecular weight is 184 g/mol. The SMILES string of the molecule is O=C(O)C1NCCN2C(=O)CCC12. The van der Waals surface area contributed by atoms with Crippen molar-refractivity contribution in [1.29, 1.82) is 0 Å². The van der Waals surface area contributed by atoms with Crippen LogP contribution in [0.2, 0.25) is 0 Å². The molecule has 0 radical (unpaired) electrons. The molecule has 0 spiro atoms. The summed E-state index contributed by atoms with van der Waals surface area (Å²) in [5, 5.41) is 11.8. The van der Waals surface area contributed by atoms with Gasteiger partial charge in [-0.3, -0.25) is 9.59 Å². The second kappa shape index (κ2) is 2.99. The number of carbonyl (C=O) groups is 2. The summed E-state index contributed by atoms with van der Waals surface area (Å²) in [5.41, 5.74) is 0. The van der Waals surface area contributed by atoms with E-state index in [-0.39, 0.29) is 11.9 Å². The van der Waals surface area contributed by atoms with E-state index in [9.17, 15) is 9.59 Å². The fraction of sp³-hybridized carbons (Fsp3) is 0.750. The summed E-state index contributed by atoms with van der Waals surface area (Å²) in [6, 6.07) is -0.695. The maximum Gasteiger partial charge on any atom is 0.322 e. The fourth-order valence-electron chi connectivity index (χ4n) is 2.12. The van der Waals surface area contributed by atoms with E-state index in [1.807, 2.05) is 0 Å². The highest BCUT2D eigenvalue weighted by molar-refractivity contribution is 5.82. The zero-order valence-electron chi connectivity index (χ0n) is 7.19. The first-order valence-corrected chi connectivity index (χ1v) is 4.46. The first kappa shape index (κ1) is 8.50. The third kappa shape index (κ3) is 1.29. The summed E-state index contributed by atoms with van der Waals surface area (Å²) in [6.07, 6.45) is 1.17. The van der Waals surface area contributed by atoms with Gasteiger partial charge in [0, 0.05) is 19.5 Å². The molecule has 0 saturated carbocycles. The van der Waals surface area contributed by atoms with Gasteiger partial charge < -0.3 is 15.3 Å². The molecule has 0 aromatic heterocycles. The van der Waals surface area contributed by atoms with Crippen LogP contribution in [0, 0.1) is 0 Å². The van der Waals surface area contributed by atoms with Crippen LogP contribution in [0.3, 0.4) is 0 Å². The van der Waals surface area contributed by atoms with Gasteiger partial charge in [0.05, 0.1) is 6.04 Å². The minimum absolute atomic E-state index is 0.0951. The zero-order valence-corrected chi connectivity index (χ0v) is 7.19. The summed E-state index contributed by atoms with van der Waals surface area (Å²) in [4.78, 5) is 23.8. The highest BCUT2D eigenvalue weighted by Crippen LogP contribution is 2.23. The van der Waals surface area contributed by atoms with Crippen molar-refractivity contribution >= 4 is 11.9 Å². The summed E-state index contributed by atoms with van der Waals surface area (Å²) in [6.45, 7) is 1.23.